The molecule has 1 aliphatic rings. The molecule has 0 heterocycles. The predicted octanol–water partition coefficient (Wildman–Crippen LogP) is 5.37. The molecule has 0 saturated carbocycles. The number of hydrogen-bond donors (Lipinski definition) is 0. The van der Waals surface area contributed by atoms with Crippen LogP contribution in [0, 0.1) is 0 Å². The van der Waals surface area contributed by atoms with Gasteiger partial charge in [0.15, 0.2) is 0 Å². The molecule has 0 radical (unpaired) electrons. The van der Waals surface area contributed by atoms with Gasteiger partial charge in [0.25, 0.3) is 0 Å². The molecule has 0 saturated heterocycles. The summed E-state index contributed by atoms with van der Waals surface area (Å²) < 4.78 is 0. The van der Waals surface area contributed by atoms with Gasteiger partial charge in [-0.3, -0.25) is 0 Å². The molecule has 0 aliphatic heterocycles. The second-order valence-corrected chi connectivity index (χ2v) is 3.44. The van der Waals surface area contributed by atoms with Crippen molar-refractivity contribution in [3.8, 4) is 0 Å². The molecule has 0 fully saturated rings. The number of fused-ring (bicyclic) bond motifs is 1. The number of hydrogen-bond acceptors (Lipinski definition) is 0. The summed E-state index contributed by atoms with van der Waals surface area (Å²) in [6.45, 7) is 4.00. The maximum atomic E-state index is 2.12. The Labute approximate surface area is 104 Å². The van der Waals surface area contributed by atoms with Crippen LogP contribution in [0.4, 0.5) is 0 Å². The second kappa shape index (κ2) is 8.35. The summed E-state index contributed by atoms with van der Waals surface area (Å²) in [5.41, 5.74) is 0. The van der Waals surface area contributed by atoms with Crippen molar-refractivity contribution in [1.82, 2.24) is 0 Å². The minimum absolute atomic E-state index is 1.14. The van der Waals surface area contributed by atoms with Crippen LogP contribution in [0.25, 0.3) is 10.8 Å². The van der Waals surface area contributed by atoms with Crippen molar-refractivity contribution in [2.24, 2.45) is 0 Å². The van der Waals surface area contributed by atoms with Gasteiger partial charge in [-0.15, -0.1) is 0 Å². The highest BCUT2D eigenvalue weighted by Crippen LogP contribution is 2.11. The first-order valence-electron chi connectivity index (χ1n) is 6.22. The number of rotatable bonds is 0. The zero-order valence-corrected chi connectivity index (χ0v) is 10.6. The third kappa shape index (κ3) is 4.69. The molecule has 1 aliphatic carbocycles. The summed E-state index contributed by atoms with van der Waals surface area (Å²) in [5.74, 6) is 0. The summed E-state index contributed by atoms with van der Waals surface area (Å²) >= 11 is 0. The van der Waals surface area contributed by atoms with Crippen molar-refractivity contribution in [3.63, 3.8) is 0 Å². The molecule has 0 amide bonds. The maximum Gasteiger partial charge on any atom is -0.0163 e. The zero-order valence-electron chi connectivity index (χ0n) is 10.6. The molecule has 2 aromatic rings. The molecule has 3 rings (SSSR count). The first kappa shape index (κ1) is 13.2. The van der Waals surface area contributed by atoms with E-state index in [1.807, 2.05) is 13.8 Å². The van der Waals surface area contributed by atoms with Crippen LogP contribution in [-0.4, -0.2) is 0 Å². The van der Waals surface area contributed by atoms with Crippen LogP contribution in [0.2, 0.25) is 0 Å². The zero-order chi connectivity index (χ0) is 12.3. The van der Waals surface area contributed by atoms with E-state index in [1.165, 1.54) is 10.8 Å². The Morgan fingerprint density at radius 1 is 0.647 bits per heavy atom. The van der Waals surface area contributed by atoms with Crippen molar-refractivity contribution < 1.29 is 0 Å². The fourth-order valence-corrected chi connectivity index (χ4v) is 1.53. The van der Waals surface area contributed by atoms with Crippen molar-refractivity contribution in [1.29, 1.82) is 0 Å². The Balaban J connectivity index is 0.000000175. The average molecular weight is 224 g/mol. The van der Waals surface area contributed by atoms with Crippen molar-refractivity contribution >= 4 is 10.8 Å². The third-order valence-electron chi connectivity index (χ3n) is 2.31. The van der Waals surface area contributed by atoms with E-state index < -0.39 is 0 Å². The molecule has 2 aromatic carbocycles. The summed E-state index contributed by atoms with van der Waals surface area (Å²) in [6.07, 6.45) is 9.50. The highest BCUT2D eigenvalue weighted by Gasteiger charge is 1.85. The van der Waals surface area contributed by atoms with Gasteiger partial charge in [-0.25, -0.2) is 0 Å². The van der Waals surface area contributed by atoms with Crippen LogP contribution < -0.4 is 0 Å². The fraction of sp³-hybridized carbons (Fsp3) is 0.176. The van der Waals surface area contributed by atoms with Crippen LogP contribution in [0.5, 0.6) is 0 Å². The van der Waals surface area contributed by atoms with Crippen LogP contribution >= 0.6 is 0 Å². The molecule has 0 heteroatoms. The highest BCUT2D eigenvalue weighted by atomic mass is 13.9. The Morgan fingerprint density at radius 3 is 1.24 bits per heavy atom. The van der Waals surface area contributed by atoms with Crippen LogP contribution in [0.1, 0.15) is 20.3 Å². The normalized spacial score (nSPS) is 11.4. The highest BCUT2D eigenvalue weighted by molar-refractivity contribution is 5.81. The smallest absolute Gasteiger partial charge is 0.0163 e. The lowest BCUT2D eigenvalue weighted by atomic mass is 10.1. The standard InChI is InChI=1S/C10H8.C5H6.C2H6/c1-2-6-10-8-4-3-7-9(10)5-1;1-2-4-5-3-1;1-2/h1-8H;1-4H,5H2;1-2H3. The minimum atomic E-state index is 1.14. The molecule has 0 N–H and O–H groups in total. The van der Waals surface area contributed by atoms with Crippen LogP contribution in [0.15, 0.2) is 72.8 Å². The maximum absolute atomic E-state index is 2.12. The molecule has 0 unspecified atom stereocenters. The van der Waals surface area contributed by atoms with E-state index in [0.29, 0.717) is 0 Å². The molecule has 0 aromatic heterocycles. The molecule has 0 nitrogen and oxygen atoms in total. The lowest BCUT2D eigenvalue weighted by Crippen LogP contribution is -1.67. The Kier molecular flexibility index (Phi) is 6.50. The van der Waals surface area contributed by atoms with Crippen LogP contribution in [0.3, 0.4) is 0 Å². The molecule has 0 spiro atoms. The van der Waals surface area contributed by atoms with E-state index in [-0.39, 0.29) is 0 Å². The summed E-state index contributed by atoms with van der Waals surface area (Å²) in [6, 6.07) is 16.7. The number of benzene rings is 2. The van der Waals surface area contributed by atoms with E-state index in [4.69, 9.17) is 0 Å². The molecule has 0 atom stereocenters. The van der Waals surface area contributed by atoms with E-state index in [1.54, 1.807) is 0 Å². The average Bonchev–Trinajstić information content (AvgIpc) is 3.00. The topological polar surface area (TPSA) is 0 Å². The number of allylic oxidation sites excluding steroid dienone is 4. The van der Waals surface area contributed by atoms with Gasteiger partial charge in [-0.05, 0) is 17.2 Å². The lowest BCUT2D eigenvalue weighted by Gasteiger charge is -1.92. The van der Waals surface area contributed by atoms with Gasteiger partial charge < -0.3 is 0 Å². The second-order valence-electron chi connectivity index (χ2n) is 3.44. The Morgan fingerprint density at radius 2 is 1.00 bits per heavy atom. The molecule has 0 bridgehead atoms. The Bertz CT molecular complexity index is 403. The van der Waals surface area contributed by atoms with E-state index in [2.05, 4.69) is 72.8 Å². The van der Waals surface area contributed by atoms with Gasteiger partial charge in [-0.2, -0.15) is 0 Å². The summed E-state index contributed by atoms with van der Waals surface area (Å²) in [7, 11) is 0. The van der Waals surface area contributed by atoms with Gasteiger partial charge in [0.1, 0.15) is 0 Å². The largest absolute Gasteiger partial charge is 0.0808 e. The molecule has 17 heavy (non-hydrogen) atoms. The molecular formula is C17H20. The third-order valence-corrected chi connectivity index (χ3v) is 2.31. The van der Waals surface area contributed by atoms with Crippen molar-refractivity contribution in [2.75, 3.05) is 0 Å². The lowest BCUT2D eigenvalue weighted by molar-refractivity contribution is 1.45. The van der Waals surface area contributed by atoms with Gasteiger partial charge in [0, 0.05) is 0 Å². The van der Waals surface area contributed by atoms with E-state index in [0.717, 1.165) is 6.42 Å². The first-order chi connectivity index (χ1) is 8.47. The van der Waals surface area contributed by atoms with Gasteiger partial charge >= 0.3 is 0 Å². The van der Waals surface area contributed by atoms with Gasteiger partial charge in [0.05, 0.1) is 0 Å². The quantitative estimate of drug-likeness (QED) is 0.564. The predicted molar refractivity (Wildman–Crippen MR) is 78.2 cm³/mol. The Hall–Kier alpha value is -1.82. The van der Waals surface area contributed by atoms with Gasteiger partial charge in [0.2, 0.25) is 0 Å². The monoisotopic (exact) mass is 224 g/mol. The summed E-state index contributed by atoms with van der Waals surface area (Å²) in [5, 5.41) is 2.62. The van der Waals surface area contributed by atoms with Gasteiger partial charge in [-0.1, -0.05) is 86.7 Å². The minimum Gasteiger partial charge on any atom is -0.0808 e. The van der Waals surface area contributed by atoms with E-state index in [9.17, 15) is 0 Å². The van der Waals surface area contributed by atoms with Crippen LogP contribution in [-0.2, 0) is 0 Å². The molecular weight excluding hydrogens is 204 g/mol. The van der Waals surface area contributed by atoms with E-state index >= 15 is 0 Å². The first-order valence-corrected chi connectivity index (χ1v) is 6.22. The SMILES string of the molecule is C1=CCC=C1.CC.c1ccc2ccccc2c1. The van der Waals surface area contributed by atoms with Crippen molar-refractivity contribution in [3.05, 3.63) is 72.8 Å². The fourth-order valence-electron chi connectivity index (χ4n) is 1.53. The van der Waals surface area contributed by atoms with Crippen molar-refractivity contribution in [2.45, 2.75) is 20.3 Å². The summed E-state index contributed by atoms with van der Waals surface area (Å²) in [4.78, 5) is 0. The molecule has 88 valence electrons.